The summed E-state index contributed by atoms with van der Waals surface area (Å²) in [5, 5.41) is 1.61. The van der Waals surface area contributed by atoms with Gasteiger partial charge >= 0.3 is 0 Å². The maximum Gasteiger partial charge on any atom is 0.0446 e. The molecule has 1 unspecified atom stereocenters. The maximum absolute atomic E-state index is 6.04. The zero-order valence-corrected chi connectivity index (χ0v) is 9.66. The van der Waals surface area contributed by atoms with Crippen LogP contribution in [0.3, 0.4) is 0 Å². The lowest BCUT2D eigenvalue weighted by molar-refractivity contribution is 0.905. The molecule has 0 nitrogen and oxygen atoms in total. The lowest BCUT2D eigenvalue weighted by Gasteiger charge is -2.08. The van der Waals surface area contributed by atoms with Crippen LogP contribution in [0, 0.1) is 0 Å². The second-order valence-corrected chi connectivity index (χ2v) is 4.96. The monoisotopic (exact) mass is 214 g/mol. The molecule has 0 saturated heterocycles. The molecule has 0 aliphatic rings. The molecule has 1 atom stereocenters. The Hall–Kier alpha value is -0.140. The molecule has 0 aliphatic heterocycles. The quantitative estimate of drug-likeness (QED) is 0.717. The molecule has 72 valence electrons. The molecule has 0 fully saturated rings. The van der Waals surface area contributed by atoms with Gasteiger partial charge in [-0.25, -0.2) is 0 Å². The number of hydrogen-bond donors (Lipinski definition) is 0. The average Bonchev–Trinajstić information content (AvgIpc) is 2.16. The number of rotatable bonds is 4. The van der Waals surface area contributed by atoms with Crippen LogP contribution in [0.4, 0.5) is 0 Å². The summed E-state index contributed by atoms with van der Waals surface area (Å²) in [7, 11) is 0. The highest BCUT2D eigenvalue weighted by atomic mass is 35.5. The van der Waals surface area contributed by atoms with Crippen LogP contribution in [0.25, 0.3) is 0 Å². The summed E-state index contributed by atoms with van der Waals surface area (Å²) < 4.78 is 0. The van der Waals surface area contributed by atoms with Gasteiger partial charge in [0.1, 0.15) is 0 Å². The first-order valence-electron chi connectivity index (χ1n) is 4.59. The highest BCUT2D eigenvalue weighted by Gasteiger charge is 2.02. The standard InChI is InChI=1S/C11H15ClS/c1-3-9(2)13-8-10-6-4-5-7-11(10)12/h4-7,9H,3,8H2,1-2H3. The van der Waals surface area contributed by atoms with E-state index in [9.17, 15) is 0 Å². The fraction of sp³-hybridized carbons (Fsp3) is 0.455. The summed E-state index contributed by atoms with van der Waals surface area (Å²) in [5.41, 5.74) is 1.24. The third-order valence-electron chi connectivity index (χ3n) is 2.06. The number of benzene rings is 1. The average molecular weight is 215 g/mol. The molecule has 0 radical (unpaired) electrons. The Morgan fingerprint density at radius 2 is 2.08 bits per heavy atom. The van der Waals surface area contributed by atoms with Gasteiger partial charge in [-0.2, -0.15) is 11.8 Å². The summed E-state index contributed by atoms with van der Waals surface area (Å²) in [6.45, 7) is 4.46. The van der Waals surface area contributed by atoms with Crippen molar-refractivity contribution in [3.05, 3.63) is 34.9 Å². The van der Waals surface area contributed by atoms with Crippen LogP contribution in [0.1, 0.15) is 25.8 Å². The molecule has 1 aromatic rings. The molecule has 0 aromatic heterocycles. The van der Waals surface area contributed by atoms with Crippen molar-refractivity contribution in [3.63, 3.8) is 0 Å². The zero-order valence-electron chi connectivity index (χ0n) is 8.09. The van der Waals surface area contributed by atoms with Gasteiger partial charge in [-0.15, -0.1) is 0 Å². The molecule has 0 heterocycles. The SMILES string of the molecule is CCC(C)SCc1ccccc1Cl. The molecule has 0 bridgehead atoms. The van der Waals surface area contributed by atoms with E-state index in [1.165, 1.54) is 12.0 Å². The Morgan fingerprint density at radius 1 is 1.38 bits per heavy atom. The first-order valence-corrected chi connectivity index (χ1v) is 6.01. The van der Waals surface area contributed by atoms with Gasteiger partial charge in [0, 0.05) is 16.0 Å². The molecule has 13 heavy (non-hydrogen) atoms. The van der Waals surface area contributed by atoms with E-state index < -0.39 is 0 Å². The third kappa shape index (κ3) is 3.61. The van der Waals surface area contributed by atoms with Crippen molar-refractivity contribution in [1.29, 1.82) is 0 Å². The van der Waals surface area contributed by atoms with E-state index in [-0.39, 0.29) is 0 Å². The van der Waals surface area contributed by atoms with Gasteiger partial charge in [0.2, 0.25) is 0 Å². The fourth-order valence-electron chi connectivity index (χ4n) is 0.965. The predicted molar refractivity (Wildman–Crippen MR) is 62.5 cm³/mol. The summed E-state index contributed by atoms with van der Waals surface area (Å²) in [6, 6.07) is 8.06. The van der Waals surface area contributed by atoms with Crippen molar-refractivity contribution in [3.8, 4) is 0 Å². The number of hydrogen-bond acceptors (Lipinski definition) is 1. The molecular formula is C11H15ClS. The Bertz CT molecular complexity index is 260. The highest BCUT2D eigenvalue weighted by molar-refractivity contribution is 7.99. The minimum atomic E-state index is 0.719. The Labute approximate surface area is 89.7 Å². The van der Waals surface area contributed by atoms with E-state index in [4.69, 9.17) is 11.6 Å². The number of halogens is 1. The first kappa shape index (κ1) is 10.9. The van der Waals surface area contributed by atoms with E-state index >= 15 is 0 Å². The molecular weight excluding hydrogens is 200 g/mol. The van der Waals surface area contributed by atoms with Crippen LogP contribution < -0.4 is 0 Å². The van der Waals surface area contributed by atoms with Gasteiger partial charge in [0.15, 0.2) is 0 Å². The van der Waals surface area contributed by atoms with Gasteiger partial charge < -0.3 is 0 Å². The molecule has 1 aromatic carbocycles. The molecule has 0 amide bonds. The summed E-state index contributed by atoms with van der Waals surface area (Å²) >= 11 is 8.00. The third-order valence-corrected chi connectivity index (χ3v) is 3.80. The smallest absolute Gasteiger partial charge is 0.0446 e. The Balaban J connectivity index is 2.50. The van der Waals surface area contributed by atoms with Gasteiger partial charge in [-0.1, -0.05) is 43.6 Å². The molecule has 1 rings (SSSR count). The summed E-state index contributed by atoms with van der Waals surface area (Å²) in [5.74, 6) is 1.02. The van der Waals surface area contributed by atoms with Crippen molar-refractivity contribution < 1.29 is 0 Å². The second kappa shape index (κ2) is 5.56. The maximum atomic E-state index is 6.04. The predicted octanol–water partition coefficient (Wildman–Crippen LogP) is 4.37. The van der Waals surface area contributed by atoms with Crippen LogP contribution in [0.5, 0.6) is 0 Å². The molecule has 0 spiro atoms. The molecule has 2 heteroatoms. The van der Waals surface area contributed by atoms with Gasteiger partial charge in [-0.3, -0.25) is 0 Å². The van der Waals surface area contributed by atoms with Crippen LogP contribution >= 0.6 is 23.4 Å². The van der Waals surface area contributed by atoms with E-state index in [0.29, 0.717) is 0 Å². The second-order valence-electron chi connectivity index (χ2n) is 3.12. The van der Waals surface area contributed by atoms with E-state index in [1.807, 2.05) is 30.0 Å². The minimum absolute atomic E-state index is 0.719. The molecule has 0 N–H and O–H groups in total. The minimum Gasteiger partial charge on any atom is -0.154 e. The van der Waals surface area contributed by atoms with Gasteiger partial charge in [0.05, 0.1) is 0 Å². The van der Waals surface area contributed by atoms with Crippen LogP contribution in [-0.4, -0.2) is 5.25 Å². The van der Waals surface area contributed by atoms with Crippen molar-refractivity contribution in [2.75, 3.05) is 0 Å². The fourth-order valence-corrected chi connectivity index (χ4v) is 2.20. The summed E-state index contributed by atoms with van der Waals surface area (Å²) in [4.78, 5) is 0. The van der Waals surface area contributed by atoms with E-state index in [1.54, 1.807) is 0 Å². The van der Waals surface area contributed by atoms with Crippen molar-refractivity contribution in [1.82, 2.24) is 0 Å². The van der Waals surface area contributed by atoms with Crippen LogP contribution in [0.15, 0.2) is 24.3 Å². The highest BCUT2D eigenvalue weighted by Crippen LogP contribution is 2.24. The zero-order chi connectivity index (χ0) is 9.68. The van der Waals surface area contributed by atoms with E-state index in [2.05, 4.69) is 19.9 Å². The first-order chi connectivity index (χ1) is 6.24. The lowest BCUT2D eigenvalue weighted by Crippen LogP contribution is -1.93. The number of thioether (sulfide) groups is 1. The van der Waals surface area contributed by atoms with Gasteiger partial charge in [-0.05, 0) is 18.1 Å². The normalized spacial score (nSPS) is 12.8. The summed E-state index contributed by atoms with van der Waals surface area (Å²) in [6.07, 6.45) is 1.22. The van der Waals surface area contributed by atoms with Gasteiger partial charge in [0.25, 0.3) is 0 Å². The van der Waals surface area contributed by atoms with Crippen molar-refractivity contribution >= 4 is 23.4 Å². The van der Waals surface area contributed by atoms with Crippen molar-refractivity contribution in [2.24, 2.45) is 0 Å². The largest absolute Gasteiger partial charge is 0.154 e. The van der Waals surface area contributed by atoms with Crippen molar-refractivity contribution in [2.45, 2.75) is 31.3 Å². The lowest BCUT2D eigenvalue weighted by atomic mass is 10.2. The molecule has 0 aliphatic carbocycles. The Morgan fingerprint density at radius 3 is 2.69 bits per heavy atom. The van der Waals surface area contributed by atoms with Crippen LogP contribution in [0.2, 0.25) is 5.02 Å². The molecule has 0 saturated carbocycles. The Kier molecular flexibility index (Phi) is 4.68. The van der Waals surface area contributed by atoms with E-state index in [0.717, 1.165) is 16.0 Å². The van der Waals surface area contributed by atoms with Crippen LogP contribution in [-0.2, 0) is 5.75 Å². The topological polar surface area (TPSA) is 0 Å².